The molecule has 0 bridgehead atoms. The molecule has 0 saturated carbocycles. The second-order valence-electron chi connectivity index (χ2n) is 11.2. The van der Waals surface area contributed by atoms with Crippen molar-refractivity contribution in [3.63, 3.8) is 0 Å². The van der Waals surface area contributed by atoms with Crippen molar-refractivity contribution in [2.45, 2.75) is 136 Å². The van der Waals surface area contributed by atoms with Gasteiger partial charge >= 0.3 is 234 Å². The van der Waals surface area contributed by atoms with Crippen molar-refractivity contribution in [1.29, 1.82) is 0 Å². The van der Waals surface area contributed by atoms with Crippen LogP contribution in [-0.2, 0) is 14.5 Å². The van der Waals surface area contributed by atoms with Crippen LogP contribution in [0.25, 0.3) is 0 Å². The van der Waals surface area contributed by atoms with E-state index in [4.69, 9.17) is 4.43 Å². The van der Waals surface area contributed by atoms with E-state index in [0.29, 0.717) is 12.8 Å². The molecule has 1 N–H and O–H groups in total. The van der Waals surface area contributed by atoms with Crippen LogP contribution in [0, 0.1) is 0 Å². The van der Waals surface area contributed by atoms with Crippen LogP contribution in [0.5, 0.6) is 0 Å². The third-order valence-corrected chi connectivity index (χ3v) is 22.8. The van der Waals surface area contributed by atoms with E-state index in [2.05, 4.69) is 64.1 Å². The zero-order chi connectivity index (χ0) is 26.9. The van der Waals surface area contributed by atoms with Gasteiger partial charge in [0, 0.05) is 0 Å². The van der Waals surface area contributed by atoms with Gasteiger partial charge in [-0.1, -0.05) is 0 Å². The standard InChI is InChI=1S/C12H25O4SSi.3C4H9.C2H3.2Sn.3H/c1-7-9-12(3,16-18(4,5)6)10-8-11(2)17(13,14)15;3*1-3-4-2;1-2;;;;;/h1,7,11H,8-10H2,2-6H3,(H,13,14,15);3*1,3-4H2,2H3;1H,2H2;;;;;. The van der Waals surface area contributed by atoms with E-state index in [1.165, 1.54) is 51.8 Å². The van der Waals surface area contributed by atoms with Crippen molar-refractivity contribution in [3.05, 3.63) is 20.8 Å². The van der Waals surface area contributed by atoms with Gasteiger partial charge in [0.1, 0.15) is 0 Å². The summed E-state index contributed by atoms with van der Waals surface area (Å²) in [6.45, 7) is 20.6. The number of rotatable bonds is 18. The zero-order valence-electron chi connectivity index (χ0n) is 24.1. The van der Waals surface area contributed by atoms with Crippen LogP contribution in [0.4, 0.5) is 0 Å². The van der Waals surface area contributed by atoms with Gasteiger partial charge in [-0.15, -0.1) is 0 Å². The molecule has 204 valence electrons. The van der Waals surface area contributed by atoms with Crippen molar-refractivity contribution in [1.82, 2.24) is 0 Å². The second-order valence-corrected chi connectivity index (χ2v) is 32.8. The molecule has 0 heterocycles. The average Bonchev–Trinajstić information content (AvgIpc) is 2.71. The first-order valence-corrected chi connectivity index (χ1v) is 29.5. The monoisotopic (exact) mass is 734 g/mol. The summed E-state index contributed by atoms with van der Waals surface area (Å²) in [5, 5.41) is -0.752. The van der Waals surface area contributed by atoms with Gasteiger partial charge in [0.15, 0.2) is 0 Å². The fourth-order valence-corrected chi connectivity index (χ4v) is 20.8. The van der Waals surface area contributed by atoms with Gasteiger partial charge in [-0.05, 0) is 0 Å². The molecule has 0 spiro atoms. The van der Waals surface area contributed by atoms with E-state index in [1.54, 1.807) is 6.92 Å². The molecule has 0 aromatic carbocycles. The summed E-state index contributed by atoms with van der Waals surface area (Å²) in [5.41, 5.74) is -0.377. The Morgan fingerprint density at radius 3 is 1.79 bits per heavy atom. The van der Waals surface area contributed by atoms with Crippen molar-refractivity contribution in [3.8, 4) is 0 Å². The van der Waals surface area contributed by atoms with E-state index in [1.807, 2.05) is 4.09 Å². The fraction of sp³-hybridized carbons (Fsp3) is 0.846. The molecule has 8 heteroatoms. The SMILES string of the molecule is C=[CH][SnH3].CCC[CH2][Sn]([CH]=CCC(C)(CCC(C)S(=O)(=O)O)O[Si](C)(C)C)([CH2]CCC)[CH2]CCC. The number of hydrogen-bond donors (Lipinski definition) is 1. The molecule has 4 nitrogen and oxygen atoms in total. The van der Waals surface area contributed by atoms with Crippen LogP contribution >= 0.6 is 0 Å². The van der Waals surface area contributed by atoms with Crippen LogP contribution in [0.3, 0.4) is 0 Å². The topological polar surface area (TPSA) is 63.6 Å². The van der Waals surface area contributed by atoms with Crippen LogP contribution in [0.1, 0.15) is 92.4 Å². The van der Waals surface area contributed by atoms with Crippen LogP contribution < -0.4 is 0 Å². The van der Waals surface area contributed by atoms with E-state index in [-0.39, 0.29) is 5.60 Å². The summed E-state index contributed by atoms with van der Waals surface area (Å²) in [7, 11) is -5.79. The summed E-state index contributed by atoms with van der Waals surface area (Å²) in [4.78, 5) is 0. The summed E-state index contributed by atoms with van der Waals surface area (Å²) in [6, 6.07) is 0. The average molecular weight is 732 g/mol. The molecule has 0 saturated heterocycles. The molecule has 0 fully saturated rings. The summed E-state index contributed by atoms with van der Waals surface area (Å²) < 4.78 is 48.0. The molecule has 2 unspecified atom stereocenters. The minimum atomic E-state index is -4.00. The van der Waals surface area contributed by atoms with E-state index in [0.717, 1.165) is 28.9 Å². The first-order chi connectivity index (χ1) is 15.6. The third-order valence-electron chi connectivity index (χ3n) is 6.25. The number of hydrogen-bond acceptors (Lipinski definition) is 3. The second kappa shape index (κ2) is 19.3. The molecule has 34 heavy (non-hydrogen) atoms. The van der Waals surface area contributed by atoms with Gasteiger partial charge in [0.2, 0.25) is 0 Å². The Morgan fingerprint density at radius 2 is 1.47 bits per heavy atom. The Hall–Kier alpha value is 1.16. The zero-order valence-corrected chi connectivity index (χ0v) is 34.5. The molecule has 0 aliphatic carbocycles. The van der Waals surface area contributed by atoms with Gasteiger partial charge in [-0.3, -0.25) is 0 Å². The van der Waals surface area contributed by atoms with Crippen molar-refractivity contribution in [2.24, 2.45) is 0 Å². The maximum absolute atomic E-state index is 11.5. The summed E-state index contributed by atoms with van der Waals surface area (Å²) >= 11 is -1.59. The fourth-order valence-electron chi connectivity index (χ4n) is 4.36. The summed E-state index contributed by atoms with van der Waals surface area (Å²) in [6.07, 6.45) is 12.2. The molecule has 0 rings (SSSR count). The van der Waals surface area contributed by atoms with Crippen molar-refractivity contribution >= 4 is 59.3 Å². The third kappa shape index (κ3) is 19.3. The van der Waals surface area contributed by atoms with Crippen LogP contribution in [0.2, 0.25) is 33.0 Å². The minimum absolute atomic E-state index is 0.377. The molecule has 0 aliphatic rings. The van der Waals surface area contributed by atoms with Gasteiger partial charge in [-0.25, -0.2) is 0 Å². The molecular formula is C26H58O4SSiSn2. The first kappa shape index (κ1) is 37.3. The Labute approximate surface area is 232 Å². The Bertz CT molecular complexity index is 640. The van der Waals surface area contributed by atoms with Crippen molar-refractivity contribution in [2.75, 3.05) is 0 Å². The van der Waals surface area contributed by atoms with E-state index < -0.39 is 42.1 Å². The molecule has 0 amide bonds. The first-order valence-electron chi connectivity index (χ1n) is 13.6. The molecule has 0 aliphatic heterocycles. The maximum atomic E-state index is 11.5. The Morgan fingerprint density at radius 1 is 1.06 bits per heavy atom. The van der Waals surface area contributed by atoms with Gasteiger partial charge in [0.25, 0.3) is 0 Å². The van der Waals surface area contributed by atoms with Gasteiger partial charge in [0.05, 0.1) is 0 Å². The van der Waals surface area contributed by atoms with Crippen molar-refractivity contribution < 1.29 is 17.4 Å². The van der Waals surface area contributed by atoms with Gasteiger partial charge in [-0.2, -0.15) is 0 Å². The van der Waals surface area contributed by atoms with E-state index in [9.17, 15) is 13.0 Å². The quantitative estimate of drug-likeness (QED) is 0.117. The number of unbranched alkanes of at least 4 members (excludes halogenated alkanes) is 3. The van der Waals surface area contributed by atoms with E-state index >= 15 is 0 Å². The van der Waals surface area contributed by atoms with Crippen LogP contribution in [0.15, 0.2) is 20.8 Å². The molecule has 0 radical (unpaired) electrons. The Balaban J connectivity index is 0. The Kier molecular flexibility index (Phi) is 21.1. The summed E-state index contributed by atoms with van der Waals surface area (Å²) in [5.74, 6) is 0. The van der Waals surface area contributed by atoms with Gasteiger partial charge < -0.3 is 0 Å². The normalized spacial score (nSPS) is 15.6. The molecular weight excluding hydrogens is 674 g/mol. The predicted molar refractivity (Wildman–Crippen MR) is 162 cm³/mol. The molecule has 2 atom stereocenters. The predicted octanol–water partition coefficient (Wildman–Crippen LogP) is 7.48. The molecule has 0 aromatic heterocycles. The molecule has 0 aromatic rings. The van der Waals surface area contributed by atoms with Crippen LogP contribution in [-0.4, -0.2) is 73.0 Å².